The summed E-state index contributed by atoms with van der Waals surface area (Å²) in [5.41, 5.74) is 3.39. The Bertz CT molecular complexity index is 1040. The molecule has 2 aromatic carbocycles. The summed E-state index contributed by atoms with van der Waals surface area (Å²) in [7, 11) is 0. The minimum Gasteiger partial charge on any atom is -0.384 e. The number of anilines is 1. The molecule has 1 unspecified atom stereocenters. The molecule has 4 nitrogen and oxygen atoms in total. The minimum absolute atomic E-state index is 0.620. The summed E-state index contributed by atoms with van der Waals surface area (Å²) in [6.07, 6.45) is 4.49. The predicted octanol–water partition coefficient (Wildman–Crippen LogP) is 6.06. The first-order valence-electron chi connectivity index (χ1n) is 8.51. The third-order valence-corrected chi connectivity index (χ3v) is 6.02. The lowest BCUT2D eigenvalue weighted by molar-refractivity contribution is 0.221. The van der Waals surface area contributed by atoms with Crippen LogP contribution in [-0.4, -0.2) is 15.1 Å². The number of benzene rings is 2. The molecule has 0 aliphatic heterocycles. The fourth-order valence-corrected chi connectivity index (χ4v) is 4.21. The minimum atomic E-state index is -0.765. The van der Waals surface area contributed by atoms with Gasteiger partial charge in [0.2, 0.25) is 0 Å². The zero-order chi connectivity index (χ0) is 19.3. The molecule has 0 aliphatic rings. The van der Waals surface area contributed by atoms with E-state index in [0.717, 1.165) is 32.3 Å². The van der Waals surface area contributed by atoms with Gasteiger partial charge in [-0.3, -0.25) is 4.98 Å². The Kier molecular flexibility index (Phi) is 5.92. The van der Waals surface area contributed by atoms with Crippen LogP contribution in [0.5, 0.6) is 0 Å². The Morgan fingerprint density at radius 3 is 2.64 bits per heavy atom. The Hall–Kier alpha value is -2.38. The predicted molar refractivity (Wildman–Crippen MR) is 117 cm³/mol. The maximum Gasteiger partial charge on any atom is 0.192 e. The van der Waals surface area contributed by atoms with Gasteiger partial charge < -0.3 is 9.83 Å². The standard InChI is InChI=1S/C21H16ClN3OS2/c22-16-5-8-18(19(12-16)15-2-1-9-23-13-15)20(26)14-3-6-17(7-4-14)28-25-21-24-10-11-27-21/h1-13,20,26H,(H,24,25). The van der Waals surface area contributed by atoms with Crippen LogP contribution in [-0.2, 0) is 0 Å². The number of hydrogen-bond acceptors (Lipinski definition) is 6. The second-order valence-electron chi connectivity index (χ2n) is 5.99. The summed E-state index contributed by atoms with van der Waals surface area (Å²) < 4.78 is 3.20. The van der Waals surface area contributed by atoms with Crippen molar-refractivity contribution in [1.29, 1.82) is 0 Å². The van der Waals surface area contributed by atoms with Crippen LogP contribution in [0.15, 0.2) is 83.5 Å². The molecule has 0 spiro atoms. The number of nitrogens with one attached hydrogen (secondary N) is 1. The van der Waals surface area contributed by atoms with E-state index >= 15 is 0 Å². The van der Waals surface area contributed by atoms with Gasteiger partial charge in [0.1, 0.15) is 6.10 Å². The van der Waals surface area contributed by atoms with Crippen LogP contribution in [0.3, 0.4) is 0 Å². The number of aromatic nitrogens is 2. The molecule has 7 heteroatoms. The number of pyridine rings is 1. The van der Waals surface area contributed by atoms with E-state index in [-0.39, 0.29) is 0 Å². The summed E-state index contributed by atoms with van der Waals surface area (Å²) in [5.74, 6) is 0. The molecule has 1 atom stereocenters. The fraction of sp³-hybridized carbons (Fsp3) is 0.0476. The van der Waals surface area contributed by atoms with Gasteiger partial charge in [-0.2, -0.15) is 0 Å². The highest BCUT2D eigenvalue weighted by atomic mass is 35.5. The summed E-state index contributed by atoms with van der Waals surface area (Å²) in [6, 6.07) is 17.2. The van der Waals surface area contributed by atoms with Crippen LogP contribution in [0.1, 0.15) is 17.2 Å². The van der Waals surface area contributed by atoms with Crippen molar-refractivity contribution in [2.24, 2.45) is 0 Å². The van der Waals surface area contributed by atoms with Gasteiger partial charge in [-0.15, -0.1) is 11.3 Å². The summed E-state index contributed by atoms with van der Waals surface area (Å²) in [4.78, 5) is 9.41. The topological polar surface area (TPSA) is 58.0 Å². The first-order chi connectivity index (χ1) is 13.7. The molecule has 2 aromatic heterocycles. The Morgan fingerprint density at radius 2 is 1.93 bits per heavy atom. The molecule has 0 fully saturated rings. The van der Waals surface area contributed by atoms with Gasteiger partial charge in [0.25, 0.3) is 0 Å². The third kappa shape index (κ3) is 4.36. The molecule has 0 saturated carbocycles. The maximum atomic E-state index is 11.0. The number of rotatable bonds is 6. The van der Waals surface area contributed by atoms with Gasteiger partial charge in [0, 0.05) is 39.5 Å². The maximum absolute atomic E-state index is 11.0. The van der Waals surface area contributed by atoms with Gasteiger partial charge in [0.05, 0.1) is 0 Å². The van der Waals surface area contributed by atoms with Gasteiger partial charge in [-0.05, 0) is 59.0 Å². The Labute approximate surface area is 176 Å². The fourth-order valence-electron chi connectivity index (χ4n) is 2.81. The molecular formula is C21H16ClN3OS2. The Morgan fingerprint density at radius 1 is 1.07 bits per heavy atom. The summed E-state index contributed by atoms with van der Waals surface area (Å²) >= 11 is 9.24. The van der Waals surface area contributed by atoms with Gasteiger partial charge in [-0.25, -0.2) is 4.98 Å². The highest BCUT2D eigenvalue weighted by Crippen LogP contribution is 2.34. The Balaban J connectivity index is 1.57. The monoisotopic (exact) mass is 425 g/mol. The molecule has 4 rings (SSSR count). The highest BCUT2D eigenvalue weighted by Gasteiger charge is 2.16. The third-order valence-electron chi connectivity index (χ3n) is 4.17. The second kappa shape index (κ2) is 8.75. The van der Waals surface area contributed by atoms with Crippen molar-refractivity contribution < 1.29 is 5.11 Å². The molecule has 4 aromatic rings. The quantitative estimate of drug-likeness (QED) is 0.368. The summed E-state index contributed by atoms with van der Waals surface area (Å²) in [5, 5.41) is 14.4. The lowest BCUT2D eigenvalue weighted by atomic mass is 9.93. The molecule has 0 bridgehead atoms. The molecule has 2 N–H and O–H groups in total. The number of halogens is 1. The van der Waals surface area contributed by atoms with Crippen molar-refractivity contribution >= 4 is 40.0 Å². The number of aliphatic hydroxyl groups excluding tert-OH is 1. The number of thiazole rings is 1. The average molecular weight is 426 g/mol. The van der Waals surface area contributed by atoms with Crippen LogP contribution >= 0.6 is 34.9 Å². The van der Waals surface area contributed by atoms with Gasteiger partial charge in [0.15, 0.2) is 5.13 Å². The molecular weight excluding hydrogens is 410 g/mol. The molecule has 140 valence electrons. The van der Waals surface area contributed by atoms with Crippen LogP contribution in [0.25, 0.3) is 11.1 Å². The average Bonchev–Trinajstić information content (AvgIpc) is 3.26. The lowest BCUT2D eigenvalue weighted by Crippen LogP contribution is -2.02. The summed E-state index contributed by atoms with van der Waals surface area (Å²) in [6.45, 7) is 0. The van der Waals surface area contributed by atoms with E-state index in [0.29, 0.717) is 5.02 Å². The molecule has 0 radical (unpaired) electrons. The van der Waals surface area contributed by atoms with E-state index in [1.165, 1.54) is 11.9 Å². The van der Waals surface area contributed by atoms with Crippen molar-refractivity contribution in [3.8, 4) is 11.1 Å². The van der Waals surface area contributed by atoms with Crippen LogP contribution in [0, 0.1) is 0 Å². The van der Waals surface area contributed by atoms with E-state index < -0.39 is 6.10 Å². The van der Waals surface area contributed by atoms with E-state index in [4.69, 9.17) is 11.6 Å². The van der Waals surface area contributed by atoms with E-state index in [1.54, 1.807) is 36.0 Å². The lowest BCUT2D eigenvalue weighted by Gasteiger charge is -2.17. The van der Waals surface area contributed by atoms with Gasteiger partial charge >= 0.3 is 0 Å². The molecule has 2 heterocycles. The molecule has 0 aliphatic carbocycles. The molecule has 28 heavy (non-hydrogen) atoms. The van der Waals surface area contributed by atoms with E-state index in [2.05, 4.69) is 14.7 Å². The molecule has 0 saturated heterocycles. The van der Waals surface area contributed by atoms with Crippen molar-refractivity contribution in [2.45, 2.75) is 11.0 Å². The smallest absolute Gasteiger partial charge is 0.192 e. The van der Waals surface area contributed by atoms with Crippen LogP contribution in [0.2, 0.25) is 5.02 Å². The first kappa shape index (κ1) is 19.0. The largest absolute Gasteiger partial charge is 0.384 e. The van der Waals surface area contributed by atoms with Crippen LogP contribution < -0.4 is 4.72 Å². The van der Waals surface area contributed by atoms with Crippen molar-refractivity contribution in [3.63, 3.8) is 0 Å². The van der Waals surface area contributed by atoms with Crippen molar-refractivity contribution in [1.82, 2.24) is 9.97 Å². The first-order valence-corrected chi connectivity index (χ1v) is 10.6. The zero-order valence-corrected chi connectivity index (χ0v) is 17.0. The molecule has 0 amide bonds. The number of aliphatic hydroxyl groups is 1. The van der Waals surface area contributed by atoms with Crippen molar-refractivity contribution in [2.75, 3.05) is 4.72 Å². The SMILES string of the molecule is OC(c1ccc(SNc2nccs2)cc1)c1ccc(Cl)cc1-c1cccnc1. The van der Waals surface area contributed by atoms with E-state index in [9.17, 15) is 5.11 Å². The number of nitrogens with zero attached hydrogens (tertiary/aromatic N) is 2. The van der Waals surface area contributed by atoms with Crippen LogP contribution in [0.4, 0.5) is 5.13 Å². The zero-order valence-electron chi connectivity index (χ0n) is 14.6. The second-order valence-corrected chi connectivity index (χ2v) is 8.20. The highest BCUT2D eigenvalue weighted by molar-refractivity contribution is 8.00. The normalized spacial score (nSPS) is 11.9. The number of hydrogen-bond donors (Lipinski definition) is 2. The van der Waals surface area contributed by atoms with Gasteiger partial charge in [-0.1, -0.05) is 35.9 Å². The van der Waals surface area contributed by atoms with E-state index in [1.807, 2.05) is 53.9 Å². The van der Waals surface area contributed by atoms with Crippen molar-refractivity contribution in [3.05, 3.63) is 94.7 Å².